The predicted octanol–water partition coefficient (Wildman–Crippen LogP) is 2.50. The molecule has 0 aliphatic heterocycles. The van der Waals surface area contributed by atoms with Crippen molar-refractivity contribution in [1.82, 2.24) is 0 Å². The first-order chi connectivity index (χ1) is 15.4. The molecule has 0 saturated heterocycles. The highest BCUT2D eigenvalue weighted by Gasteiger charge is 2.18. The number of ether oxygens (including phenoxy) is 3. The summed E-state index contributed by atoms with van der Waals surface area (Å²) in [7, 11) is 3.59. The van der Waals surface area contributed by atoms with E-state index >= 15 is 0 Å². The van der Waals surface area contributed by atoms with Crippen molar-refractivity contribution in [1.29, 1.82) is 5.26 Å². The number of nitrogens with zero attached hydrogens (tertiary/aromatic N) is 1. The number of rotatable bonds is 7. The van der Waals surface area contributed by atoms with Gasteiger partial charge < -0.3 is 24.8 Å². The summed E-state index contributed by atoms with van der Waals surface area (Å²) in [5.41, 5.74) is 0.177. The van der Waals surface area contributed by atoms with Crippen molar-refractivity contribution >= 4 is 35.2 Å². The van der Waals surface area contributed by atoms with Crippen molar-refractivity contribution in [3.63, 3.8) is 0 Å². The highest BCUT2D eigenvalue weighted by Crippen LogP contribution is 2.21. The Bertz CT molecular complexity index is 1130. The molecular weight excluding hydrogens is 418 g/mol. The van der Waals surface area contributed by atoms with E-state index in [1.54, 1.807) is 18.2 Å². The van der Waals surface area contributed by atoms with Crippen LogP contribution in [0.15, 0.2) is 54.2 Å². The van der Waals surface area contributed by atoms with Crippen LogP contribution in [0.25, 0.3) is 0 Å². The first-order valence-corrected chi connectivity index (χ1v) is 9.02. The number of amides is 1. The number of nitrogens with one attached hydrogen (secondary N) is 2. The summed E-state index contributed by atoms with van der Waals surface area (Å²) in [6.45, 7) is 0. The number of para-hydroxylation sites is 1. The van der Waals surface area contributed by atoms with Crippen molar-refractivity contribution in [3.8, 4) is 6.07 Å². The number of methoxy groups -OCH3 is 3. The molecule has 32 heavy (non-hydrogen) atoms. The van der Waals surface area contributed by atoms with E-state index in [2.05, 4.69) is 20.1 Å². The van der Waals surface area contributed by atoms with Crippen molar-refractivity contribution in [2.45, 2.75) is 0 Å². The first kappa shape index (κ1) is 23.6. The first-order valence-electron chi connectivity index (χ1n) is 9.02. The van der Waals surface area contributed by atoms with Crippen LogP contribution in [0.3, 0.4) is 0 Å². The molecule has 0 radical (unpaired) electrons. The summed E-state index contributed by atoms with van der Waals surface area (Å²) in [5, 5.41) is 14.5. The molecule has 0 spiro atoms. The van der Waals surface area contributed by atoms with E-state index in [1.807, 2.05) is 0 Å². The van der Waals surface area contributed by atoms with Gasteiger partial charge >= 0.3 is 17.9 Å². The summed E-state index contributed by atoms with van der Waals surface area (Å²) in [4.78, 5) is 48.2. The second-order valence-electron chi connectivity index (χ2n) is 6.05. The Morgan fingerprint density at radius 3 is 2.03 bits per heavy atom. The Hall–Kier alpha value is -4.65. The van der Waals surface area contributed by atoms with Gasteiger partial charge in [0.15, 0.2) is 0 Å². The van der Waals surface area contributed by atoms with Gasteiger partial charge in [0, 0.05) is 6.20 Å². The number of nitriles is 1. The molecule has 0 bridgehead atoms. The van der Waals surface area contributed by atoms with Crippen molar-refractivity contribution in [2.75, 3.05) is 32.0 Å². The van der Waals surface area contributed by atoms with Gasteiger partial charge in [-0.05, 0) is 30.3 Å². The third-order valence-electron chi connectivity index (χ3n) is 4.16. The van der Waals surface area contributed by atoms with E-state index in [-0.39, 0.29) is 33.6 Å². The van der Waals surface area contributed by atoms with Crippen LogP contribution in [-0.2, 0) is 19.0 Å². The van der Waals surface area contributed by atoms with Gasteiger partial charge in [-0.2, -0.15) is 5.26 Å². The van der Waals surface area contributed by atoms with Crippen LogP contribution in [0.1, 0.15) is 31.1 Å². The number of carbonyl (C=O) groups excluding carboxylic acids is 4. The molecule has 0 aliphatic carbocycles. The van der Waals surface area contributed by atoms with Crippen molar-refractivity contribution in [3.05, 3.63) is 70.9 Å². The SMILES string of the molecule is COC(=O)c1ccc(C(=O)OC)c(N/C=C(/C#N)C(=O)Nc2ccccc2C(=O)OC)c1. The highest BCUT2D eigenvalue weighted by atomic mass is 16.5. The van der Waals surface area contributed by atoms with E-state index in [4.69, 9.17) is 4.74 Å². The topological polar surface area (TPSA) is 144 Å². The average molecular weight is 437 g/mol. The zero-order chi connectivity index (χ0) is 23.7. The monoisotopic (exact) mass is 437 g/mol. The Morgan fingerprint density at radius 1 is 0.844 bits per heavy atom. The second-order valence-corrected chi connectivity index (χ2v) is 6.05. The Morgan fingerprint density at radius 2 is 1.44 bits per heavy atom. The van der Waals surface area contributed by atoms with Crippen LogP contribution in [-0.4, -0.2) is 45.1 Å². The zero-order valence-corrected chi connectivity index (χ0v) is 17.4. The molecule has 2 N–H and O–H groups in total. The quantitative estimate of drug-likeness (QED) is 0.289. The van der Waals surface area contributed by atoms with Crippen molar-refractivity contribution in [2.24, 2.45) is 0 Å². The fourth-order valence-electron chi connectivity index (χ4n) is 2.56. The predicted molar refractivity (Wildman–Crippen MR) is 113 cm³/mol. The number of anilines is 2. The minimum Gasteiger partial charge on any atom is -0.465 e. The standard InChI is InChI=1S/C22H19N3O7/c1-30-20(27)13-8-9-16(22(29)32-3)18(10-13)24-12-14(11-23)19(26)25-17-7-5-4-6-15(17)21(28)31-2/h4-10,12,24H,1-3H3,(H,25,26)/b14-12-. The fourth-order valence-corrected chi connectivity index (χ4v) is 2.56. The van der Waals surface area contributed by atoms with Crippen LogP contribution in [0, 0.1) is 11.3 Å². The third-order valence-corrected chi connectivity index (χ3v) is 4.16. The lowest BCUT2D eigenvalue weighted by Crippen LogP contribution is -2.17. The minimum atomic E-state index is -0.819. The van der Waals surface area contributed by atoms with Gasteiger partial charge in [0.1, 0.15) is 11.6 Å². The smallest absolute Gasteiger partial charge is 0.339 e. The molecule has 1 amide bonds. The van der Waals surface area contributed by atoms with Gasteiger partial charge in [0.2, 0.25) is 0 Å². The molecule has 164 valence electrons. The molecule has 2 aromatic carbocycles. The normalized spacial score (nSPS) is 10.4. The van der Waals surface area contributed by atoms with E-state index in [1.165, 1.54) is 51.7 Å². The molecule has 0 aromatic heterocycles. The van der Waals surface area contributed by atoms with Gasteiger partial charge in [-0.25, -0.2) is 14.4 Å². The van der Waals surface area contributed by atoms with Crippen LogP contribution >= 0.6 is 0 Å². The average Bonchev–Trinajstić information content (AvgIpc) is 2.83. The van der Waals surface area contributed by atoms with Crippen LogP contribution in [0.5, 0.6) is 0 Å². The molecule has 0 fully saturated rings. The molecular formula is C22H19N3O7. The molecule has 0 unspecified atom stereocenters. The summed E-state index contributed by atoms with van der Waals surface area (Å²) >= 11 is 0. The molecule has 0 heterocycles. The lowest BCUT2D eigenvalue weighted by molar-refractivity contribution is -0.112. The van der Waals surface area contributed by atoms with E-state index in [0.717, 1.165) is 6.20 Å². The number of hydrogen-bond acceptors (Lipinski definition) is 9. The maximum Gasteiger partial charge on any atom is 0.339 e. The van der Waals surface area contributed by atoms with Gasteiger partial charge in [-0.1, -0.05) is 12.1 Å². The Labute approximate surface area is 183 Å². The molecule has 0 atom stereocenters. The maximum atomic E-state index is 12.6. The van der Waals surface area contributed by atoms with Gasteiger partial charge in [-0.3, -0.25) is 4.79 Å². The van der Waals surface area contributed by atoms with Crippen molar-refractivity contribution < 1.29 is 33.4 Å². The molecule has 0 saturated carbocycles. The lowest BCUT2D eigenvalue weighted by atomic mass is 10.1. The van der Waals surface area contributed by atoms with E-state index in [0.29, 0.717) is 0 Å². The minimum absolute atomic E-state index is 0.0603. The molecule has 2 aromatic rings. The lowest BCUT2D eigenvalue weighted by Gasteiger charge is -2.11. The number of benzene rings is 2. The largest absolute Gasteiger partial charge is 0.465 e. The van der Waals surface area contributed by atoms with E-state index in [9.17, 15) is 24.4 Å². The molecule has 10 heteroatoms. The summed E-state index contributed by atoms with van der Waals surface area (Å²) in [5.74, 6) is -2.83. The number of carbonyl (C=O) groups is 4. The zero-order valence-electron chi connectivity index (χ0n) is 17.4. The summed E-state index contributed by atoms with van der Waals surface area (Å²) in [6.07, 6.45) is 1.05. The highest BCUT2D eigenvalue weighted by molar-refractivity contribution is 6.10. The Balaban J connectivity index is 2.34. The Kier molecular flexibility index (Phi) is 8.07. The third kappa shape index (κ3) is 5.48. The fraction of sp³-hybridized carbons (Fsp3) is 0.136. The van der Waals surface area contributed by atoms with Crippen LogP contribution in [0.4, 0.5) is 11.4 Å². The second kappa shape index (κ2) is 10.9. The van der Waals surface area contributed by atoms with Crippen LogP contribution < -0.4 is 10.6 Å². The van der Waals surface area contributed by atoms with Gasteiger partial charge in [0.25, 0.3) is 5.91 Å². The number of hydrogen-bond donors (Lipinski definition) is 2. The summed E-state index contributed by atoms with van der Waals surface area (Å²) < 4.78 is 14.0. The van der Waals surface area contributed by atoms with E-state index < -0.39 is 23.8 Å². The van der Waals surface area contributed by atoms with Crippen LogP contribution in [0.2, 0.25) is 0 Å². The van der Waals surface area contributed by atoms with Gasteiger partial charge in [0.05, 0.1) is 49.4 Å². The summed E-state index contributed by atoms with van der Waals surface area (Å²) in [6, 6.07) is 11.9. The molecule has 10 nitrogen and oxygen atoms in total. The number of esters is 3. The molecule has 0 aliphatic rings. The maximum absolute atomic E-state index is 12.6. The van der Waals surface area contributed by atoms with Gasteiger partial charge in [-0.15, -0.1) is 0 Å². The molecule has 2 rings (SSSR count).